The second-order valence-corrected chi connectivity index (χ2v) is 6.49. The molecule has 1 aromatic carbocycles. The summed E-state index contributed by atoms with van der Waals surface area (Å²) in [5.41, 5.74) is 0.943. The van der Waals surface area contributed by atoms with E-state index in [1.807, 2.05) is 35.8 Å². The van der Waals surface area contributed by atoms with Crippen LogP contribution in [0.25, 0.3) is 5.69 Å². The molecule has 1 heterocycles. The quantitative estimate of drug-likeness (QED) is 0.788. The highest BCUT2D eigenvalue weighted by Gasteiger charge is 2.13. The number of nitrogens with one attached hydrogen (secondary N) is 1. The Morgan fingerprint density at radius 1 is 1.30 bits per heavy atom. The Morgan fingerprint density at radius 2 is 2.00 bits per heavy atom. The largest absolute Gasteiger partial charge is 0.497 e. The Bertz CT molecular complexity index is 653. The van der Waals surface area contributed by atoms with Gasteiger partial charge < -0.3 is 10.1 Å². The van der Waals surface area contributed by atoms with Gasteiger partial charge in [0.2, 0.25) is 5.91 Å². The zero-order valence-electron chi connectivity index (χ0n) is 13.9. The lowest BCUT2D eigenvalue weighted by molar-refractivity contribution is -0.118. The van der Waals surface area contributed by atoms with Crippen LogP contribution in [0.3, 0.4) is 0 Å². The Morgan fingerprint density at radius 3 is 2.61 bits per heavy atom. The highest BCUT2D eigenvalue weighted by Crippen LogP contribution is 2.23. The smallest absolute Gasteiger partial charge is 0.230 e. The van der Waals surface area contributed by atoms with E-state index in [1.165, 1.54) is 11.8 Å². The number of aryl methyl sites for hydroxylation is 1. The van der Waals surface area contributed by atoms with Crippen LogP contribution < -0.4 is 10.1 Å². The fraction of sp³-hybridized carbons (Fsp3) is 0.438. The molecular formula is C16H22N4O2S. The first-order chi connectivity index (χ1) is 11.0. The van der Waals surface area contributed by atoms with Crippen molar-refractivity contribution < 1.29 is 9.53 Å². The Hall–Kier alpha value is -2.02. The molecule has 0 unspecified atom stereocenters. The van der Waals surface area contributed by atoms with Crippen molar-refractivity contribution in [1.29, 1.82) is 0 Å². The van der Waals surface area contributed by atoms with Gasteiger partial charge in [-0.05, 0) is 37.1 Å². The average Bonchev–Trinajstić information content (AvgIpc) is 2.91. The molecule has 0 atom stereocenters. The second kappa shape index (κ2) is 8.01. The van der Waals surface area contributed by atoms with Crippen molar-refractivity contribution in [3.8, 4) is 11.4 Å². The molecule has 2 rings (SSSR count). The van der Waals surface area contributed by atoms with E-state index in [0.29, 0.717) is 23.4 Å². The van der Waals surface area contributed by atoms with Crippen molar-refractivity contribution in [2.24, 2.45) is 5.92 Å². The van der Waals surface area contributed by atoms with E-state index < -0.39 is 0 Å². The highest BCUT2D eigenvalue weighted by molar-refractivity contribution is 7.99. The summed E-state index contributed by atoms with van der Waals surface area (Å²) in [6.07, 6.45) is 0. The Kier molecular flexibility index (Phi) is 6.04. The fourth-order valence-electron chi connectivity index (χ4n) is 1.96. The van der Waals surface area contributed by atoms with E-state index in [4.69, 9.17) is 4.74 Å². The zero-order chi connectivity index (χ0) is 16.8. The van der Waals surface area contributed by atoms with Gasteiger partial charge in [0.1, 0.15) is 11.6 Å². The van der Waals surface area contributed by atoms with Crippen LogP contribution in [-0.2, 0) is 4.79 Å². The lowest BCUT2D eigenvalue weighted by Crippen LogP contribution is -2.28. The van der Waals surface area contributed by atoms with Crippen LogP contribution in [0.15, 0.2) is 29.4 Å². The molecule has 7 heteroatoms. The molecule has 0 spiro atoms. The molecule has 0 bridgehead atoms. The number of amides is 1. The second-order valence-electron chi connectivity index (χ2n) is 5.55. The van der Waals surface area contributed by atoms with Gasteiger partial charge in [0.15, 0.2) is 5.16 Å². The molecule has 124 valence electrons. The molecule has 0 aliphatic heterocycles. The fourth-order valence-corrected chi connectivity index (χ4v) is 2.79. The van der Waals surface area contributed by atoms with E-state index >= 15 is 0 Å². The van der Waals surface area contributed by atoms with E-state index in [1.54, 1.807) is 7.11 Å². The van der Waals surface area contributed by atoms with E-state index in [-0.39, 0.29) is 5.91 Å². The Balaban J connectivity index is 2.07. The highest BCUT2D eigenvalue weighted by atomic mass is 32.2. The summed E-state index contributed by atoms with van der Waals surface area (Å²) in [6.45, 7) is 6.71. The number of methoxy groups -OCH3 is 1. The number of rotatable bonds is 7. The van der Waals surface area contributed by atoms with Gasteiger partial charge in [-0.1, -0.05) is 25.6 Å². The van der Waals surface area contributed by atoms with Crippen molar-refractivity contribution in [2.75, 3.05) is 19.4 Å². The molecule has 0 radical (unpaired) electrons. The third-order valence-corrected chi connectivity index (χ3v) is 4.09. The van der Waals surface area contributed by atoms with Gasteiger partial charge >= 0.3 is 0 Å². The summed E-state index contributed by atoms with van der Waals surface area (Å²) in [5.74, 6) is 2.34. The third-order valence-electron chi connectivity index (χ3n) is 3.17. The minimum atomic E-state index is 0.00522. The summed E-state index contributed by atoms with van der Waals surface area (Å²) in [6, 6.07) is 7.66. The predicted octanol–water partition coefficient (Wildman–Crippen LogP) is 2.45. The van der Waals surface area contributed by atoms with Crippen LogP contribution in [0.4, 0.5) is 0 Å². The lowest BCUT2D eigenvalue weighted by Gasteiger charge is -2.10. The number of ether oxygens (including phenoxy) is 1. The summed E-state index contributed by atoms with van der Waals surface area (Å²) in [5, 5.41) is 11.9. The number of carbonyl (C=O) groups excluding carboxylic acids is 1. The number of aromatic nitrogens is 3. The molecule has 0 fully saturated rings. The molecule has 0 aliphatic carbocycles. The lowest BCUT2D eigenvalue weighted by atomic mass is 10.2. The number of hydrogen-bond donors (Lipinski definition) is 1. The maximum atomic E-state index is 11.9. The number of thioether (sulfide) groups is 1. The molecule has 1 aromatic heterocycles. The van der Waals surface area contributed by atoms with Gasteiger partial charge in [0.25, 0.3) is 0 Å². The van der Waals surface area contributed by atoms with Crippen molar-refractivity contribution in [3.05, 3.63) is 30.1 Å². The van der Waals surface area contributed by atoms with Crippen molar-refractivity contribution in [1.82, 2.24) is 20.1 Å². The van der Waals surface area contributed by atoms with Gasteiger partial charge in [-0.15, -0.1) is 10.2 Å². The maximum absolute atomic E-state index is 11.9. The van der Waals surface area contributed by atoms with Crippen molar-refractivity contribution >= 4 is 17.7 Å². The van der Waals surface area contributed by atoms with Gasteiger partial charge in [-0.2, -0.15) is 0 Å². The van der Waals surface area contributed by atoms with Gasteiger partial charge in [0.05, 0.1) is 12.9 Å². The molecule has 6 nitrogen and oxygen atoms in total. The van der Waals surface area contributed by atoms with Gasteiger partial charge in [-0.3, -0.25) is 9.36 Å². The summed E-state index contributed by atoms with van der Waals surface area (Å²) in [4.78, 5) is 11.9. The van der Waals surface area contributed by atoms with Crippen LogP contribution in [0, 0.1) is 12.8 Å². The average molecular weight is 334 g/mol. The van der Waals surface area contributed by atoms with Crippen LogP contribution in [0.2, 0.25) is 0 Å². The van der Waals surface area contributed by atoms with Crippen LogP contribution in [0.1, 0.15) is 19.7 Å². The van der Waals surface area contributed by atoms with Crippen molar-refractivity contribution in [2.45, 2.75) is 25.9 Å². The first-order valence-electron chi connectivity index (χ1n) is 7.47. The molecule has 0 saturated heterocycles. The summed E-state index contributed by atoms with van der Waals surface area (Å²) >= 11 is 1.38. The number of hydrogen-bond acceptors (Lipinski definition) is 5. The number of carbonyl (C=O) groups is 1. The van der Waals surface area contributed by atoms with E-state index in [9.17, 15) is 4.79 Å². The number of nitrogens with zero attached hydrogens (tertiary/aromatic N) is 3. The Labute approximate surface area is 140 Å². The number of benzene rings is 1. The molecule has 2 aromatic rings. The van der Waals surface area contributed by atoms with Crippen molar-refractivity contribution in [3.63, 3.8) is 0 Å². The molecule has 1 amide bonds. The van der Waals surface area contributed by atoms with Crippen LogP contribution in [-0.4, -0.2) is 40.1 Å². The standard InChI is InChI=1S/C16H22N4O2S/c1-11(2)9-17-15(21)10-23-16-19-18-12(3)20(16)13-5-7-14(22-4)8-6-13/h5-8,11H,9-10H2,1-4H3,(H,17,21). The predicted molar refractivity (Wildman–Crippen MR) is 91.2 cm³/mol. The topological polar surface area (TPSA) is 69.0 Å². The minimum absolute atomic E-state index is 0.00522. The SMILES string of the molecule is COc1ccc(-n2c(C)nnc2SCC(=O)NCC(C)C)cc1. The third kappa shape index (κ3) is 4.72. The van der Waals surface area contributed by atoms with Crippen LogP contribution >= 0.6 is 11.8 Å². The summed E-state index contributed by atoms with van der Waals surface area (Å²) in [7, 11) is 1.63. The molecule has 0 aliphatic rings. The maximum Gasteiger partial charge on any atom is 0.230 e. The minimum Gasteiger partial charge on any atom is -0.497 e. The molecule has 1 N–H and O–H groups in total. The summed E-state index contributed by atoms with van der Waals surface area (Å²) < 4.78 is 7.10. The first-order valence-corrected chi connectivity index (χ1v) is 8.45. The molecule has 23 heavy (non-hydrogen) atoms. The van der Waals surface area contributed by atoms with E-state index in [2.05, 4.69) is 29.4 Å². The molecular weight excluding hydrogens is 312 g/mol. The van der Waals surface area contributed by atoms with Gasteiger partial charge in [-0.25, -0.2) is 0 Å². The normalized spacial score (nSPS) is 10.8. The van der Waals surface area contributed by atoms with E-state index in [0.717, 1.165) is 17.3 Å². The van der Waals surface area contributed by atoms with Gasteiger partial charge in [0, 0.05) is 12.2 Å². The molecule has 0 saturated carbocycles. The zero-order valence-corrected chi connectivity index (χ0v) is 14.7. The first kappa shape index (κ1) is 17.3. The van der Waals surface area contributed by atoms with Crippen LogP contribution in [0.5, 0.6) is 5.75 Å². The monoisotopic (exact) mass is 334 g/mol.